The van der Waals surface area contributed by atoms with Crippen LogP contribution in [0, 0.1) is 0 Å². The third-order valence-corrected chi connectivity index (χ3v) is 4.09. The summed E-state index contributed by atoms with van der Waals surface area (Å²) in [4.78, 5) is 20.4. The summed E-state index contributed by atoms with van der Waals surface area (Å²) in [5, 5.41) is 5.65. The molecule has 0 unspecified atom stereocenters. The minimum atomic E-state index is -0.247. The van der Waals surface area contributed by atoms with Gasteiger partial charge >= 0.3 is 6.03 Å². The summed E-state index contributed by atoms with van der Waals surface area (Å²) < 4.78 is 12.9. The van der Waals surface area contributed by atoms with Gasteiger partial charge in [0, 0.05) is 31.7 Å². The van der Waals surface area contributed by atoms with Gasteiger partial charge in [0.15, 0.2) is 11.5 Å². The zero-order valence-corrected chi connectivity index (χ0v) is 14.6. The molecule has 138 valence electrons. The van der Waals surface area contributed by atoms with Crippen LogP contribution in [0.1, 0.15) is 11.1 Å². The van der Waals surface area contributed by atoms with Gasteiger partial charge in [-0.1, -0.05) is 12.1 Å². The van der Waals surface area contributed by atoms with Gasteiger partial charge in [-0.05, 0) is 29.3 Å². The van der Waals surface area contributed by atoms with Crippen molar-refractivity contribution in [3.63, 3.8) is 0 Å². The number of ether oxygens (including phenoxy) is 2. The van der Waals surface area contributed by atoms with E-state index in [9.17, 15) is 4.79 Å². The van der Waals surface area contributed by atoms with Crippen molar-refractivity contribution in [1.29, 1.82) is 0 Å². The third kappa shape index (κ3) is 4.17. The molecule has 2 aromatic heterocycles. The topological polar surface area (TPSA) is 90.3 Å². The number of pyridine rings is 1. The maximum Gasteiger partial charge on any atom is 0.315 e. The standard InChI is InChI=1S/C19H19N5O3/c25-19(22-10-14-1-3-16-17(9-14)27-8-7-26-16)23-12-15-2-4-18(21-11-15)24-6-5-20-13-24/h1-6,9,11,13H,7-8,10,12H2,(H2,22,23,25). The lowest BCUT2D eigenvalue weighted by Gasteiger charge is -2.19. The van der Waals surface area contributed by atoms with Crippen LogP contribution in [0.4, 0.5) is 4.79 Å². The summed E-state index contributed by atoms with van der Waals surface area (Å²) in [6, 6.07) is 9.20. The normalized spacial score (nSPS) is 12.4. The largest absolute Gasteiger partial charge is 0.486 e. The number of hydrogen-bond acceptors (Lipinski definition) is 5. The number of rotatable bonds is 5. The Morgan fingerprint density at radius 1 is 1.04 bits per heavy atom. The van der Waals surface area contributed by atoms with E-state index in [2.05, 4.69) is 20.6 Å². The van der Waals surface area contributed by atoms with E-state index in [-0.39, 0.29) is 6.03 Å². The number of benzene rings is 1. The zero-order chi connectivity index (χ0) is 18.5. The molecule has 0 bridgehead atoms. The summed E-state index contributed by atoms with van der Waals surface area (Å²) >= 11 is 0. The number of hydrogen-bond donors (Lipinski definition) is 2. The molecule has 0 fully saturated rings. The van der Waals surface area contributed by atoms with Crippen molar-refractivity contribution in [2.75, 3.05) is 13.2 Å². The lowest BCUT2D eigenvalue weighted by molar-refractivity contribution is 0.171. The molecule has 0 spiro atoms. The Hall–Kier alpha value is -3.55. The number of imidazole rings is 1. The predicted molar refractivity (Wildman–Crippen MR) is 97.9 cm³/mol. The lowest BCUT2D eigenvalue weighted by Crippen LogP contribution is -2.34. The maximum absolute atomic E-state index is 12.0. The van der Waals surface area contributed by atoms with Gasteiger partial charge < -0.3 is 20.1 Å². The molecule has 0 radical (unpaired) electrons. The second-order valence-corrected chi connectivity index (χ2v) is 6.01. The van der Waals surface area contributed by atoms with E-state index in [1.807, 2.05) is 41.1 Å². The second-order valence-electron chi connectivity index (χ2n) is 6.01. The van der Waals surface area contributed by atoms with Gasteiger partial charge in [0.1, 0.15) is 25.4 Å². The Morgan fingerprint density at radius 2 is 1.81 bits per heavy atom. The van der Waals surface area contributed by atoms with E-state index in [1.54, 1.807) is 18.7 Å². The van der Waals surface area contributed by atoms with Gasteiger partial charge in [0.2, 0.25) is 0 Å². The second kappa shape index (κ2) is 7.77. The Bertz CT molecular complexity index is 910. The van der Waals surface area contributed by atoms with Crippen molar-refractivity contribution >= 4 is 6.03 Å². The molecule has 0 atom stereocenters. The molecule has 3 heterocycles. The first-order valence-corrected chi connectivity index (χ1v) is 8.61. The SMILES string of the molecule is O=C(NCc1ccc(-n2ccnc2)nc1)NCc1ccc2c(c1)OCCO2. The molecular formula is C19H19N5O3. The van der Waals surface area contributed by atoms with Crippen molar-refractivity contribution < 1.29 is 14.3 Å². The number of amides is 2. The lowest BCUT2D eigenvalue weighted by atomic mass is 10.2. The van der Waals surface area contributed by atoms with Gasteiger partial charge in [-0.3, -0.25) is 4.57 Å². The summed E-state index contributed by atoms with van der Waals surface area (Å²) in [6.45, 7) is 1.90. The van der Waals surface area contributed by atoms with E-state index in [0.717, 1.165) is 22.7 Å². The van der Waals surface area contributed by atoms with Crippen LogP contribution >= 0.6 is 0 Å². The molecular weight excluding hydrogens is 346 g/mol. The molecule has 1 aliphatic rings. The molecule has 4 rings (SSSR count). The third-order valence-electron chi connectivity index (χ3n) is 4.09. The highest BCUT2D eigenvalue weighted by Crippen LogP contribution is 2.30. The van der Waals surface area contributed by atoms with E-state index < -0.39 is 0 Å². The smallest absolute Gasteiger partial charge is 0.315 e. The highest BCUT2D eigenvalue weighted by Gasteiger charge is 2.12. The van der Waals surface area contributed by atoms with Crippen LogP contribution in [-0.2, 0) is 13.1 Å². The quantitative estimate of drug-likeness (QED) is 0.722. The molecule has 0 saturated carbocycles. The Kier molecular flexibility index (Phi) is 4.86. The molecule has 27 heavy (non-hydrogen) atoms. The van der Waals surface area contributed by atoms with Crippen LogP contribution in [0.2, 0.25) is 0 Å². The van der Waals surface area contributed by atoms with Gasteiger partial charge in [0.25, 0.3) is 0 Å². The highest BCUT2D eigenvalue weighted by molar-refractivity contribution is 5.73. The summed E-state index contributed by atoms with van der Waals surface area (Å²) in [7, 11) is 0. The Balaban J connectivity index is 1.26. The predicted octanol–water partition coefficient (Wildman–Crippen LogP) is 2.04. The van der Waals surface area contributed by atoms with Crippen LogP contribution in [0.3, 0.4) is 0 Å². The highest BCUT2D eigenvalue weighted by atomic mass is 16.6. The minimum absolute atomic E-state index is 0.247. The molecule has 3 aromatic rings. The molecule has 0 aliphatic carbocycles. The average Bonchev–Trinajstić information content (AvgIpc) is 3.26. The number of carbonyl (C=O) groups is 1. The average molecular weight is 365 g/mol. The Morgan fingerprint density at radius 3 is 2.56 bits per heavy atom. The fraction of sp³-hybridized carbons (Fsp3) is 0.211. The van der Waals surface area contributed by atoms with Crippen LogP contribution in [0.25, 0.3) is 5.82 Å². The van der Waals surface area contributed by atoms with E-state index in [1.165, 1.54) is 0 Å². The van der Waals surface area contributed by atoms with Crippen LogP contribution in [0.5, 0.6) is 11.5 Å². The summed E-state index contributed by atoms with van der Waals surface area (Å²) in [5.74, 6) is 2.23. The number of nitrogens with zero attached hydrogens (tertiary/aromatic N) is 3. The number of fused-ring (bicyclic) bond motifs is 1. The fourth-order valence-corrected chi connectivity index (χ4v) is 2.69. The van der Waals surface area contributed by atoms with Crippen LogP contribution in [0.15, 0.2) is 55.2 Å². The fourth-order valence-electron chi connectivity index (χ4n) is 2.69. The number of carbonyl (C=O) groups excluding carboxylic acids is 1. The van der Waals surface area contributed by atoms with Crippen molar-refractivity contribution in [1.82, 2.24) is 25.2 Å². The van der Waals surface area contributed by atoms with Gasteiger partial charge in [-0.2, -0.15) is 0 Å². The first-order valence-electron chi connectivity index (χ1n) is 8.61. The first-order chi connectivity index (χ1) is 13.3. The molecule has 1 aliphatic heterocycles. The summed E-state index contributed by atoms with van der Waals surface area (Å²) in [5.41, 5.74) is 1.86. The molecule has 8 heteroatoms. The number of aromatic nitrogens is 3. The number of urea groups is 1. The van der Waals surface area contributed by atoms with E-state index in [0.29, 0.717) is 32.1 Å². The molecule has 2 amide bonds. The van der Waals surface area contributed by atoms with E-state index >= 15 is 0 Å². The van der Waals surface area contributed by atoms with Gasteiger partial charge in [0.05, 0.1) is 0 Å². The summed E-state index contributed by atoms with van der Waals surface area (Å²) in [6.07, 6.45) is 6.94. The van der Waals surface area contributed by atoms with Gasteiger partial charge in [-0.15, -0.1) is 0 Å². The molecule has 1 aromatic carbocycles. The van der Waals surface area contributed by atoms with Crippen molar-refractivity contribution in [2.24, 2.45) is 0 Å². The number of nitrogens with one attached hydrogen (secondary N) is 2. The molecule has 8 nitrogen and oxygen atoms in total. The van der Waals surface area contributed by atoms with Crippen LogP contribution in [-0.4, -0.2) is 33.8 Å². The van der Waals surface area contributed by atoms with Gasteiger partial charge in [-0.25, -0.2) is 14.8 Å². The van der Waals surface area contributed by atoms with Crippen molar-refractivity contribution in [3.05, 3.63) is 66.4 Å². The zero-order valence-electron chi connectivity index (χ0n) is 14.6. The monoisotopic (exact) mass is 365 g/mol. The first kappa shape index (κ1) is 16.9. The Labute approximate surface area is 156 Å². The minimum Gasteiger partial charge on any atom is -0.486 e. The molecule has 0 saturated heterocycles. The molecule has 2 N–H and O–H groups in total. The van der Waals surface area contributed by atoms with Crippen molar-refractivity contribution in [3.8, 4) is 17.3 Å². The van der Waals surface area contributed by atoms with Crippen molar-refractivity contribution in [2.45, 2.75) is 13.1 Å². The maximum atomic E-state index is 12.0. The van der Waals surface area contributed by atoms with E-state index in [4.69, 9.17) is 9.47 Å². The van der Waals surface area contributed by atoms with Crippen LogP contribution < -0.4 is 20.1 Å².